The minimum atomic E-state index is -0.490. The Kier molecular flexibility index (Phi) is 5.59. The summed E-state index contributed by atoms with van der Waals surface area (Å²) in [7, 11) is 1.55. The summed E-state index contributed by atoms with van der Waals surface area (Å²) < 4.78 is 5.35. The highest BCUT2D eigenvalue weighted by Crippen LogP contribution is 2.30. The Morgan fingerprint density at radius 1 is 1.24 bits per heavy atom. The third kappa shape index (κ3) is 4.06. The molecule has 2 aromatic rings. The molecule has 0 bridgehead atoms. The molecule has 0 heterocycles. The number of nitrogens with one attached hydrogen (secondary N) is 1. The smallest absolute Gasteiger partial charge is 0.326 e. The first-order valence-corrected chi connectivity index (χ1v) is 7.85. The van der Waals surface area contributed by atoms with Crippen molar-refractivity contribution in [2.24, 2.45) is 0 Å². The van der Waals surface area contributed by atoms with Crippen LogP contribution in [0.2, 0.25) is 0 Å². The summed E-state index contributed by atoms with van der Waals surface area (Å²) >= 11 is 0. The van der Waals surface area contributed by atoms with Crippen molar-refractivity contribution in [3.63, 3.8) is 0 Å². The molecule has 0 aliphatic carbocycles. The van der Waals surface area contributed by atoms with Crippen LogP contribution < -0.4 is 15.0 Å². The number of urea groups is 1. The van der Waals surface area contributed by atoms with Gasteiger partial charge in [0.25, 0.3) is 5.69 Å². The van der Waals surface area contributed by atoms with E-state index in [-0.39, 0.29) is 11.7 Å². The molecule has 0 aliphatic rings. The highest BCUT2D eigenvalue weighted by Gasteiger charge is 2.20. The van der Waals surface area contributed by atoms with Gasteiger partial charge in [-0.25, -0.2) is 4.79 Å². The number of nitro groups is 1. The number of hydrogen-bond acceptors (Lipinski definition) is 4. The van der Waals surface area contributed by atoms with Crippen LogP contribution in [0.15, 0.2) is 36.4 Å². The maximum atomic E-state index is 12.7. The topological polar surface area (TPSA) is 84.7 Å². The molecular weight excluding hydrogens is 322 g/mol. The molecule has 0 saturated carbocycles. The van der Waals surface area contributed by atoms with Crippen molar-refractivity contribution in [1.29, 1.82) is 0 Å². The molecule has 25 heavy (non-hydrogen) atoms. The molecule has 132 valence electrons. The standard InChI is InChI=1S/C18H21N3O4/c1-5-20(16-10-12(2)6-9-17(16)25-4)18(22)19-15-11-14(21(23)24)8-7-13(15)3/h6-11H,5H2,1-4H3,(H,19,22). The molecule has 2 rings (SSSR count). The lowest BCUT2D eigenvalue weighted by molar-refractivity contribution is -0.384. The number of nitrogens with zero attached hydrogens (tertiary/aromatic N) is 2. The molecular formula is C18H21N3O4. The SMILES string of the molecule is CCN(C(=O)Nc1cc([N+](=O)[O-])ccc1C)c1cc(C)ccc1OC. The van der Waals surface area contributed by atoms with Gasteiger partial charge >= 0.3 is 6.03 Å². The van der Waals surface area contributed by atoms with Gasteiger partial charge in [-0.2, -0.15) is 0 Å². The summed E-state index contributed by atoms with van der Waals surface area (Å²) in [5, 5.41) is 13.7. The van der Waals surface area contributed by atoms with Crippen LogP contribution in [0.1, 0.15) is 18.1 Å². The van der Waals surface area contributed by atoms with Gasteiger partial charge in [0.15, 0.2) is 0 Å². The summed E-state index contributed by atoms with van der Waals surface area (Å²) in [6.45, 7) is 5.98. The average Bonchev–Trinajstić information content (AvgIpc) is 2.57. The van der Waals surface area contributed by atoms with Gasteiger partial charge in [-0.3, -0.25) is 15.0 Å². The molecule has 0 aliphatic heterocycles. The molecule has 0 atom stereocenters. The van der Waals surface area contributed by atoms with E-state index in [0.717, 1.165) is 11.1 Å². The number of non-ortho nitro benzene ring substituents is 1. The largest absolute Gasteiger partial charge is 0.495 e. The number of hydrogen-bond donors (Lipinski definition) is 1. The van der Waals surface area contributed by atoms with E-state index in [2.05, 4.69) is 5.32 Å². The maximum absolute atomic E-state index is 12.7. The number of rotatable bonds is 5. The van der Waals surface area contributed by atoms with Crippen LogP contribution in [-0.2, 0) is 0 Å². The van der Waals surface area contributed by atoms with Crippen LogP contribution in [-0.4, -0.2) is 24.6 Å². The Labute approximate surface area is 146 Å². The molecule has 2 aromatic carbocycles. The lowest BCUT2D eigenvalue weighted by Crippen LogP contribution is -2.35. The van der Waals surface area contributed by atoms with E-state index >= 15 is 0 Å². The van der Waals surface area contributed by atoms with Gasteiger partial charge in [0.1, 0.15) is 5.75 Å². The zero-order chi connectivity index (χ0) is 18.6. The Balaban J connectivity index is 2.34. The Morgan fingerprint density at radius 2 is 1.96 bits per heavy atom. The van der Waals surface area contributed by atoms with E-state index in [4.69, 9.17) is 4.74 Å². The van der Waals surface area contributed by atoms with Gasteiger partial charge in [-0.15, -0.1) is 0 Å². The second-order valence-corrected chi connectivity index (χ2v) is 5.61. The number of aryl methyl sites for hydroxylation is 2. The fourth-order valence-electron chi connectivity index (χ4n) is 2.48. The lowest BCUT2D eigenvalue weighted by Gasteiger charge is -2.24. The van der Waals surface area contributed by atoms with Crippen molar-refractivity contribution in [3.8, 4) is 5.75 Å². The number of benzene rings is 2. The fourth-order valence-corrected chi connectivity index (χ4v) is 2.48. The number of carbonyl (C=O) groups is 1. The Hall–Kier alpha value is -3.09. The molecule has 7 heteroatoms. The first-order valence-electron chi connectivity index (χ1n) is 7.85. The monoisotopic (exact) mass is 343 g/mol. The van der Waals surface area contributed by atoms with E-state index in [1.54, 1.807) is 26.2 Å². The van der Waals surface area contributed by atoms with Crippen molar-refractivity contribution in [3.05, 3.63) is 57.6 Å². The third-order valence-electron chi connectivity index (χ3n) is 3.86. The van der Waals surface area contributed by atoms with Crippen LogP contribution in [0, 0.1) is 24.0 Å². The number of anilines is 2. The summed E-state index contributed by atoms with van der Waals surface area (Å²) in [6.07, 6.45) is 0. The molecule has 0 saturated heterocycles. The molecule has 0 fully saturated rings. The average molecular weight is 343 g/mol. The van der Waals surface area contributed by atoms with Gasteiger partial charge in [0, 0.05) is 18.7 Å². The van der Waals surface area contributed by atoms with Crippen LogP contribution in [0.4, 0.5) is 21.9 Å². The predicted octanol–water partition coefficient (Wildman–Crippen LogP) is 4.28. The van der Waals surface area contributed by atoms with Gasteiger partial charge < -0.3 is 10.1 Å². The Morgan fingerprint density at radius 3 is 2.56 bits per heavy atom. The first-order chi connectivity index (χ1) is 11.9. The van der Waals surface area contributed by atoms with Gasteiger partial charge in [0.05, 0.1) is 23.4 Å². The molecule has 0 spiro atoms. The Bertz CT molecular complexity index is 805. The number of carbonyl (C=O) groups excluding carboxylic acids is 1. The van der Waals surface area contributed by atoms with E-state index in [1.165, 1.54) is 17.0 Å². The number of methoxy groups -OCH3 is 1. The van der Waals surface area contributed by atoms with E-state index in [9.17, 15) is 14.9 Å². The third-order valence-corrected chi connectivity index (χ3v) is 3.86. The minimum absolute atomic E-state index is 0.0721. The molecule has 1 N–H and O–H groups in total. The molecule has 0 aromatic heterocycles. The fraction of sp³-hybridized carbons (Fsp3) is 0.278. The second-order valence-electron chi connectivity index (χ2n) is 5.61. The minimum Gasteiger partial charge on any atom is -0.495 e. The molecule has 7 nitrogen and oxygen atoms in total. The van der Waals surface area contributed by atoms with Crippen LogP contribution in [0.5, 0.6) is 5.75 Å². The zero-order valence-electron chi connectivity index (χ0n) is 14.7. The van der Waals surface area contributed by atoms with Crippen molar-refractivity contribution in [2.75, 3.05) is 23.9 Å². The van der Waals surface area contributed by atoms with Crippen LogP contribution >= 0.6 is 0 Å². The van der Waals surface area contributed by atoms with E-state index < -0.39 is 4.92 Å². The summed E-state index contributed by atoms with van der Waals surface area (Å²) in [4.78, 5) is 24.7. The highest BCUT2D eigenvalue weighted by atomic mass is 16.6. The van der Waals surface area contributed by atoms with Crippen LogP contribution in [0.25, 0.3) is 0 Å². The van der Waals surface area contributed by atoms with Crippen LogP contribution in [0.3, 0.4) is 0 Å². The molecule has 0 unspecified atom stereocenters. The van der Waals surface area contributed by atoms with Gasteiger partial charge in [-0.1, -0.05) is 12.1 Å². The second kappa shape index (κ2) is 7.65. The predicted molar refractivity (Wildman–Crippen MR) is 97.6 cm³/mol. The van der Waals surface area contributed by atoms with Gasteiger partial charge in [-0.05, 0) is 44.0 Å². The van der Waals surface area contributed by atoms with E-state index in [1.807, 2.05) is 26.0 Å². The van der Waals surface area contributed by atoms with Crippen molar-refractivity contribution < 1.29 is 14.5 Å². The van der Waals surface area contributed by atoms with Crippen molar-refractivity contribution in [1.82, 2.24) is 0 Å². The summed E-state index contributed by atoms with van der Waals surface area (Å²) in [5.41, 5.74) is 2.71. The van der Waals surface area contributed by atoms with Crippen molar-refractivity contribution in [2.45, 2.75) is 20.8 Å². The quantitative estimate of drug-likeness (QED) is 0.648. The summed E-state index contributed by atoms with van der Waals surface area (Å²) in [5.74, 6) is 0.582. The van der Waals surface area contributed by atoms with E-state index in [0.29, 0.717) is 23.7 Å². The highest BCUT2D eigenvalue weighted by molar-refractivity contribution is 6.03. The van der Waals surface area contributed by atoms with Crippen molar-refractivity contribution >= 4 is 23.1 Å². The van der Waals surface area contributed by atoms with Gasteiger partial charge in [0.2, 0.25) is 0 Å². The lowest BCUT2D eigenvalue weighted by atomic mass is 10.1. The maximum Gasteiger partial charge on any atom is 0.326 e. The normalized spacial score (nSPS) is 10.2. The summed E-state index contributed by atoms with van der Waals surface area (Å²) in [6, 6.07) is 9.56. The molecule has 0 radical (unpaired) electrons. The number of amides is 2. The first kappa shape index (κ1) is 18.3. The number of ether oxygens (including phenoxy) is 1. The zero-order valence-corrected chi connectivity index (χ0v) is 14.7. The molecule has 2 amide bonds. The number of nitro benzene ring substituents is 1.